The molecular formula is C20H25ClN4O. The van der Waals surface area contributed by atoms with E-state index < -0.39 is 0 Å². The second kappa shape index (κ2) is 10.5. The maximum atomic E-state index is 12.1. The van der Waals surface area contributed by atoms with Crippen molar-refractivity contribution < 1.29 is 4.79 Å². The molecule has 0 radical (unpaired) electrons. The van der Waals surface area contributed by atoms with Crippen LogP contribution in [0.25, 0.3) is 0 Å². The third kappa shape index (κ3) is 6.08. The lowest BCUT2D eigenvalue weighted by Crippen LogP contribution is -2.42. The Bertz CT molecular complexity index is 734. The van der Waals surface area contributed by atoms with Crippen molar-refractivity contribution in [1.29, 1.82) is 0 Å². The Labute approximate surface area is 159 Å². The Morgan fingerprint density at radius 2 is 1.65 bits per heavy atom. The van der Waals surface area contributed by atoms with Crippen LogP contribution in [0, 0.1) is 0 Å². The summed E-state index contributed by atoms with van der Waals surface area (Å²) in [6.07, 6.45) is 0. The van der Waals surface area contributed by atoms with Crippen LogP contribution in [0.4, 0.5) is 0 Å². The van der Waals surface area contributed by atoms with Gasteiger partial charge in [-0.15, -0.1) is 0 Å². The number of nitrogens with one attached hydrogen (secondary N) is 3. The molecule has 0 saturated heterocycles. The monoisotopic (exact) mass is 372 g/mol. The number of amides is 1. The quantitative estimate of drug-likeness (QED) is 0.397. The minimum Gasteiger partial charge on any atom is -0.356 e. The molecule has 1 unspecified atom stereocenters. The van der Waals surface area contributed by atoms with Gasteiger partial charge >= 0.3 is 0 Å². The van der Waals surface area contributed by atoms with E-state index in [2.05, 4.69) is 40.0 Å². The molecule has 0 bridgehead atoms. The fourth-order valence-corrected chi connectivity index (χ4v) is 2.69. The summed E-state index contributed by atoms with van der Waals surface area (Å²) in [6, 6.07) is 17.3. The number of hydrogen-bond donors (Lipinski definition) is 3. The van der Waals surface area contributed by atoms with Gasteiger partial charge in [-0.2, -0.15) is 0 Å². The van der Waals surface area contributed by atoms with Crippen molar-refractivity contribution in [1.82, 2.24) is 16.0 Å². The first kappa shape index (κ1) is 19.8. The summed E-state index contributed by atoms with van der Waals surface area (Å²) in [4.78, 5) is 16.3. The zero-order valence-corrected chi connectivity index (χ0v) is 15.9. The highest BCUT2D eigenvalue weighted by atomic mass is 35.5. The Hall–Kier alpha value is -2.53. The number of nitrogens with zero attached hydrogens (tertiary/aromatic N) is 1. The topological polar surface area (TPSA) is 65.5 Å². The van der Waals surface area contributed by atoms with Crippen molar-refractivity contribution in [3.63, 3.8) is 0 Å². The summed E-state index contributed by atoms with van der Waals surface area (Å²) in [5.41, 5.74) is 1.76. The number of carbonyl (C=O) groups is 1. The van der Waals surface area contributed by atoms with Crippen LogP contribution in [0.15, 0.2) is 59.6 Å². The van der Waals surface area contributed by atoms with E-state index >= 15 is 0 Å². The number of halogens is 1. The predicted octanol–water partition coefficient (Wildman–Crippen LogP) is 3.04. The predicted molar refractivity (Wildman–Crippen MR) is 108 cm³/mol. The first-order valence-electron chi connectivity index (χ1n) is 8.64. The first-order chi connectivity index (χ1) is 12.6. The maximum absolute atomic E-state index is 12.1. The lowest BCUT2D eigenvalue weighted by molar-refractivity contribution is 0.0954. The van der Waals surface area contributed by atoms with Crippen molar-refractivity contribution in [2.45, 2.75) is 12.8 Å². The fourth-order valence-electron chi connectivity index (χ4n) is 2.47. The van der Waals surface area contributed by atoms with Gasteiger partial charge in [0.05, 0.1) is 10.6 Å². The molecule has 2 rings (SSSR count). The van der Waals surface area contributed by atoms with Gasteiger partial charge in [0.1, 0.15) is 0 Å². The van der Waals surface area contributed by atoms with E-state index in [4.69, 9.17) is 11.6 Å². The second-order valence-electron chi connectivity index (χ2n) is 5.93. The van der Waals surface area contributed by atoms with Gasteiger partial charge in [-0.05, 0) is 23.6 Å². The van der Waals surface area contributed by atoms with Crippen molar-refractivity contribution in [3.05, 3.63) is 70.7 Å². The minimum atomic E-state index is -0.182. The van der Waals surface area contributed by atoms with Crippen molar-refractivity contribution in [2.24, 2.45) is 4.99 Å². The second-order valence-corrected chi connectivity index (χ2v) is 6.33. The molecule has 2 aromatic rings. The van der Waals surface area contributed by atoms with Gasteiger partial charge in [0.15, 0.2) is 5.96 Å². The zero-order valence-electron chi connectivity index (χ0n) is 15.1. The van der Waals surface area contributed by atoms with Gasteiger partial charge in [-0.1, -0.05) is 61.0 Å². The summed E-state index contributed by atoms with van der Waals surface area (Å²) < 4.78 is 0. The molecule has 2 aromatic carbocycles. The van der Waals surface area contributed by atoms with Gasteiger partial charge in [0.25, 0.3) is 5.91 Å². The smallest absolute Gasteiger partial charge is 0.252 e. The van der Waals surface area contributed by atoms with Gasteiger partial charge in [-0.25, -0.2) is 0 Å². The lowest BCUT2D eigenvalue weighted by Gasteiger charge is -2.16. The molecule has 0 aromatic heterocycles. The van der Waals surface area contributed by atoms with Crippen molar-refractivity contribution in [3.8, 4) is 0 Å². The highest BCUT2D eigenvalue weighted by Gasteiger charge is 2.09. The molecule has 0 aliphatic carbocycles. The van der Waals surface area contributed by atoms with Crippen LogP contribution in [0.3, 0.4) is 0 Å². The van der Waals surface area contributed by atoms with Crippen LogP contribution in [0.2, 0.25) is 5.02 Å². The molecular weight excluding hydrogens is 348 g/mol. The number of aliphatic imine (C=N–C) groups is 1. The molecule has 26 heavy (non-hydrogen) atoms. The zero-order chi connectivity index (χ0) is 18.8. The van der Waals surface area contributed by atoms with Crippen LogP contribution in [-0.4, -0.2) is 38.5 Å². The normalized spacial score (nSPS) is 12.3. The van der Waals surface area contributed by atoms with Gasteiger partial charge in [-0.3, -0.25) is 9.79 Å². The average molecular weight is 373 g/mol. The summed E-state index contributed by atoms with van der Waals surface area (Å²) in [6.45, 7) is 3.98. The molecule has 138 valence electrons. The maximum Gasteiger partial charge on any atom is 0.252 e. The standard InChI is InChI=1S/C20H25ClN4O/c1-15(16-8-4-3-5-9-16)14-25-20(22-2)24-13-12-23-19(26)17-10-6-7-11-18(17)21/h3-11,15H,12-14H2,1-2H3,(H,23,26)(H2,22,24,25). The van der Waals surface area contributed by atoms with E-state index in [0.717, 1.165) is 6.54 Å². The van der Waals surface area contributed by atoms with Crippen LogP contribution >= 0.6 is 11.6 Å². The first-order valence-corrected chi connectivity index (χ1v) is 9.01. The van der Waals surface area contributed by atoms with E-state index in [9.17, 15) is 4.79 Å². The Morgan fingerprint density at radius 3 is 2.35 bits per heavy atom. The van der Waals surface area contributed by atoms with Gasteiger partial charge in [0.2, 0.25) is 0 Å². The summed E-state index contributed by atoms with van der Waals surface area (Å²) in [5, 5.41) is 9.78. The molecule has 1 amide bonds. The molecule has 5 nitrogen and oxygen atoms in total. The fraction of sp³-hybridized carbons (Fsp3) is 0.300. The van der Waals surface area contributed by atoms with Crippen molar-refractivity contribution in [2.75, 3.05) is 26.7 Å². The third-order valence-electron chi connectivity index (χ3n) is 3.99. The molecule has 0 saturated carbocycles. The van der Waals surface area contributed by atoms with Crippen LogP contribution in [0.5, 0.6) is 0 Å². The summed E-state index contributed by atoms with van der Waals surface area (Å²) >= 11 is 6.02. The van der Waals surface area contributed by atoms with Crippen molar-refractivity contribution >= 4 is 23.5 Å². The molecule has 0 aliphatic rings. The average Bonchev–Trinajstić information content (AvgIpc) is 2.68. The number of carbonyl (C=O) groups excluding carboxylic acids is 1. The molecule has 0 heterocycles. The largest absolute Gasteiger partial charge is 0.356 e. The molecule has 0 fully saturated rings. The number of hydrogen-bond acceptors (Lipinski definition) is 2. The van der Waals surface area contributed by atoms with Crippen LogP contribution in [0.1, 0.15) is 28.8 Å². The summed E-state index contributed by atoms with van der Waals surface area (Å²) in [5.74, 6) is 0.896. The van der Waals surface area contributed by atoms with E-state index in [1.165, 1.54) is 5.56 Å². The Balaban J connectivity index is 1.70. The number of benzene rings is 2. The van der Waals surface area contributed by atoms with Gasteiger partial charge in [0, 0.05) is 26.7 Å². The molecule has 3 N–H and O–H groups in total. The minimum absolute atomic E-state index is 0.182. The third-order valence-corrected chi connectivity index (χ3v) is 4.32. The SMILES string of the molecule is CN=C(NCCNC(=O)c1ccccc1Cl)NCC(C)c1ccccc1. The molecule has 0 spiro atoms. The lowest BCUT2D eigenvalue weighted by atomic mass is 10.0. The van der Waals surface area contributed by atoms with E-state index in [0.29, 0.717) is 35.6 Å². The number of rotatable bonds is 7. The van der Waals surface area contributed by atoms with E-state index in [1.807, 2.05) is 18.2 Å². The molecule has 1 atom stereocenters. The highest BCUT2D eigenvalue weighted by molar-refractivity contribution is 6.33. The van der Waals surface area contributed by atoms with Gasteiger partial charge < -0.3 is 16.0 Å². The highest BCUT2D eigenvalue weighted by Crippen LogP contribution is 2.14. The van der Waals surface area contributed by atoms with Crippen LogP contribution in [-0.2, 0) is 0 Å². The van der Waals surface area contributed by atoms with E-state index in [-0.39, 0.29) is 5.91 Å². The van der Waals surface area contributed by atoms with E-state index in [1.54, 1.807) is 31.3 Å². The Kier molecular flexibility index (Phi) is 7.96. The molecule has 6 heteroatoms. The molecule has 0 aliphatic heterocycles. The number of guanidine groups is 1. The van der Waals surface area contributed by atoms with Crippen LogP contribution < -0.4 is 16.0 Å². The summed E-state index contributed by atoms with van der Waals surface area (Å²) in [7, 11) is 1.73. The Morgan fingerprint density at radius 1 is 1.00 bits per heavy atom.